The van der Waals surface area contributed by atoms with Crippen molar-refractivity contribution in [3.8, 4) is 11.5 Å². The van der Waals surface area contributed by atoms with Gasteiger partial charge in [0.15, 0.2) is 11.5 Å². The number of rotatable bonds is 15. The molecule has 0 radical (unpaired) electrons. The van der Waals surface area contributed by atoms with Gasteiger partial charge in [0.05, 0.1) is 12.7 Å². The van der Waals surface area contributed by atoms with Crippen molar-refractivity contribution in [2.24, 2.45) is 5.92 Å². The number of ether oxygens (including phenoxy) is 2. The molecule has 1 unspecified atom stereocenters. The summed E-state index contributed by atoms with van der Waals surface area (Å²) in [6, 6.07) is 3.87. The van der Waals surface area contributed by atoms with Crippen LogP contribution >= 0.6 is 11.8 Å². The third-order valence-corrected chi connectivity index (χ3v) is 7.47. The van der Waals surface area contributed by atoms with Crippen LogP contribution in [0.5, 0.6) is 11.5 Å². The number of benzene rings is 1. The van der Waals surface area contributed by atoms with E-state index in [1.165, 1.54) is 11.8 Å². The molecule has 11 nitrogen and oxygen atoms in total. The quantitative estimate of drug-likeness (QED) is 0.240. The number of hydrogen-bond donors (Lipinski definition) is 4. The Balaban J connectivity index is 1.85. The lowest BCUT2D eigenvalue weighted by atomic mass is 10.0. The highest BCUT2D eigenvalue weighted by Crippen LogP contribution is 2.36. The lowest BCUT2D eigenvalue weighted by Gasteiger charge is -2.34. The number of carbonyl (C=O) groups is 4. The van der Waals surface area contributed by atoms with Crippen LogP contribution < -0.4 is 25.4 Å². The molecule has 210 valence electrons. The Kier molecular flexibility index (Phi) is 11.1. The lowest BCUT2D eigenvalue weighted by Crippen LogP contribution is -2.56. The monoisotopic (exact) mass is 550 g/mol. The van der Waals surface area contributed by atoms with Gasteiger partial charge in [0.2, 0.25) is 24.5 Å². The fourth-order valence-electron chi connectivity index (χ4n) is 4.45. The van der Waals surface area contributed by atoms with Gasteiger partial charge < -0.3 is 30.5 Å². The van der Waals surface area contributed by atoms with Crippen LogP contribution in [-0.2, 0) is 25.7 Å². The van der Waals surface area contributed by atoms with Crippen LogP contribution in [0.2, 0.25) is 0 Å². The van der Waals surface area contributed by atoms with Crippen molar-refractivity contribution in [2.45, 2.75) is 70.7 Å². The molecule has 0 saturated carbocycles. The van der Waals surface area contributed by atoms with Gasteiger partial charge in [-0.3, -0.25) is 19.3 Å². The highest BCUT2D eigenvalue weighted by molar-refractivity contribution is 7.98. The number of carboxylic acid groups (broad SMARTS) is 1. The van der Waals surface area contributed by atoms with Crippen LogP contribution in [0.15, 0.2) is 18.2 Å². The minimum absolute atomic E-state index is 0.0942. The number of nitrogens with one attached hydrogen (secondary N) is 3. The zero-order chi connectivity index (χ0) is 27.7. The zero-order valence-electron chi connectivity index (χ0n) is 22.2. The van der Waals surface area contributed by atoms with Crippen LogP contribution in [0.25, 0.3) is 0 Å². The van der Waals surface area contributed by atoms with Crippen LogP contribution in [0.3, 0.4) is 0 Å². The number of amides is 3. The second-order valence-electron chi connectivity index (χ2n) is 9.73. The topological polar surface area (TPSA) is 146 Å². The van der Waals surface area contributed by atoms with Crippen molar-refractivity contribution in [3.63, 3.8) is 0 Å². The van der Waals surface area contributed by atoms with Crippen LogP contribution in [0.4, 0.5) is 0 Å². The van der Waals surface area contributed by atoms with Crippen molar-refractivity contribution in [2.75, 3.05) is 25.3 Å². The molecule has 12 heteroatoms. The summed E-state index contributed by atoms with van der Waals surface area (Å²) in [5.41, 5.74) is 0.780. The Morgan fingerprint density at radius 3 is 2.71 bits per heavy atom. The average molecular weight is 551 g/mol. The average Bonchev–Trinajstić information content (AvgIpc) is 3.55. The van der Waals surface area contributed by atoms with Crippen molar-refractivity contribution in [1.82, 2.24) is 20.9 Å². The molecule has 1 saturated heterocycles. The zero-order valence-corrected chi connectivity index (χ0v) is 23.0. The van der Waals surface area contributed by atoms with E-state index in [1.807, 2.05) is 23.3 Å². The molecule has 2 heterocycles. The molecule has 0 spiro atoms. The van der Waals surface area contributed by atoms with E-state index >= 15 is 0 Å². The Bertz CT molecular complexity index is 1010. The van der Waals surface area contributed by atoms with E-state index in [0.29, 0.717) is 42.9 Å². The molecule has 4 atom stereocenters. The molecule has 3 amide bonds. The first-order chi connectivity index (χ1) is 18.2. The Labute approximate surface area is 227 Å². The third-order valence-electron chi connectivity index (χ3n) is 6.83. The molecule has 1 aromatic rings. The Morgan fingerprint density at radius 1 is 1.26 bits per heavy atom. The van der Waals surface area contributed by atoms with E-state index in [2.05, 4.69) is 29.8 Å². The number of aliphatic carboxylic acids is 1. The van der Waals surface area contributed by atoms with Crippen molar-refractivity contribution < 1.29 is 33.8 Å². The van der Waals surface area contributed by atoms with Gasteiger partial charge in [-0.1, -0.05) is 32.4 Å². The molecule has 2 aliphatic heterocycles. The number of para-hydroxylation sites is 1. The smallest absolute Gasteiger partial charge is 0.326 e. The first-order valence-electron chi connectivity index (χ1n) is 12.9. The summed E-state index contributed by atoms with van der Waals surface area (Å²) in [6.45, 7) is 4.31. The second-order valence-corrected chi connectivity index (χ2v) is 10.7. The molecule has 38 heavy (non-hydrogen) atoms. The lowest BCUT2D eigenvalue weighted by molar-refractivity contribution is -0.142. The molecule has 4 N–H and O–H groups in total. The molecule has 1 aromatic carbocycles. The largest absolute Gasteiger partial charge is 0.480 e. The molecule has 0 aliphatic carbocycles. The van der Waals surface area contributed by atoms with Gasteiger partial charge in [0.1, 0.15) is 12.1 Å². The predicted molar refractivity (Wildman–Crippen MR) is 143 cm³/mol. The summed E-state index contributed by atoms with van der Waals surface area (Å²) in [7, 11) is 0. The standard InChI is InChI=1S/C26H38N4O7S/c1-4-16(2)12-21(29-25(33)18-8-9-22(31)27-18)30(13-17-6-5-7-20-24(17)37-15-36-20)14-23(32)28-19(26(34)35)10-11-38-3/h5-7,16,18-19,21H,4,8-15H2,1-3H3,(H,27,31)(H,28,32)(H,29,33)(H,34,35)/t16-,18-,19-,21?/m0/s1. The number of nitrogens with zero attached hydrogens (tertiary/aromatic N) is 1. The second kappa shape index (κ2) is 14.2. The number of thioether (sulfide) groups is 1. The third kappa shape index (κ3) is 8.26. The summed E-state index contributed by atoms with van der Waals surface area (Å²) < 4.78 is 11.2. The van der Waals surface area contributed by atoms with Gasteiger partial charge in [-0.25, -0.2) is 4.79 Å². The molecule has 0 aromatic heterocycles. The van der Waals surface area contributed by atoms with E-state index in [9.17, 15) is 24.3 Å². The van der Waals surface area contributed by atoms with Gasteiger partial charge in [0.25, 0.3) is 0 Å². The molecular formula is C26H38N4O7S. The van der Waals surface area contributed by atoms with E-state index in [4.69, 9.17) is 9.47 Å². The number of fused-ring (bicyclic) bond motifs is 1. The number of carboxylic acids is 1. The van der Waals surface area contributed by atoms with Gasteiger partial charge in [-0.2, -0.15) is 11.8 Å². The SMILES string of the molecule is CC[C@H](C)CC(NC(=O)[C@@H]1CCC(=O)N1)N(CC(=O)N[C@@H](CCSC)C(=O)O)Cc1cccc2c1OCO2. The van der Waals surface area contributed by atoms with Crippen LogP contribution in [0.1, 0.15) is 51.5 Å². The highest BCUT2D eigenvalue weighted by atomic mass is 32.2. The van der Waals surface area contributed by atoms with E-state index in [-0.39, 0.29) is 37.6 Å². The van der Waals surface area contributed by atoms with Crippen LogP contribution in [0, 0.1) is 5.92 Å². The maximum absolute atomic E-state index is 13.2. The Morgan fingerprint density at radius 2 is 2.05 bits per heavy atom. The predicted octanol–water partition coefficient (Wildman–Crippen LogP) is 1.70. The summed E-state index contributed by atoms with van der Waals surface area (Å²) in [4.78, 5) is 51.5. The first kappa shape index (κ1) is 29.6. The van der Waals surface area contributed by atoms with Gasteiger partial charge in [0, 0.05) is 18.5 Å². The fourth-order valence-corrected chi connectivity index (χ4v) is 4.92. The van der Waals surface area contributed by atoms with E-state index in [0.717, 1.165) is 12.0 Å². The fraction of sp³-hybridized carbons (Fsp3) is 0.615. The van der Waals surface area contributed by atoms with Crippen LogP contribution in [-0.4, -0.2) is 77.3 Å². The summed E-state index contributed by atoms with van der Waals surface area (Å²) >= 11 is 1.51. The van der Waals surface area contributed by atoms with Gasteiger partial charge in [-0.15, -0.1) is 0 Å². The summed E-state index contributed by atoms with van der Waals surface area (Å²) in [6.07, 6.45) is 3.75. The molecule has 1 fully saturated rings. The minimum atomic E-state index is -1.09. The molecule has 2 aliphatic rings. The summed E-state index contributed by atoms with van der Waals surface area (Å²) in [5, 5.41) is 18.0. The number of carbonyl (C=O) groups excluding carboxylic acids is 3. The molecule has 0 bridgehead atoms. The van der Waals surface area contributed by atoms with Crippen molar-refractivity contribution in [3.05, 3.63) is 23.8 Å². The van der Waals surface area contributed by atoms with Gasteiger partial charge >= 0.3 is 5.97 Å². The summed E-state index contributed by atoms with van der Waals surface area (Å²) in [5.74, 6) is -0.0263. The maximum atomic E-state index is 13.2. The Hall–Kier alpha value is -2.99. The molecular weight excluding hydrogens is 512 g/mol. The van der Waals surface area contributed by atoms with Gasteiger partial charge in [-0.05, 0) is 43.3 Å². The van der Waals surface area contributed by atoms with Crippen molar-refractivity contribution >= 4 is 35.5 Å². The van der Waals surface area contributed by atoms with E-state index in [1.54, 1.807) is 6.07 Å². The normalized spacial score (nSPS) is 18.5. The highest BCUT2D eigenvalue weighted by Gasteiger charge is 2.33. The van der Waals surface area contributed by atoms with E-state index < -0.39 is 30.1 Å². The number of hydrogen-bond acceptors (Lipinski definition) is 8. The minimum Gasteiger partial charge on any atom is -0.480 e. The van der Waals surface area contributed by atoms with Crippen molar-refractivity contribution in [1.29, 1.82) is 0 Å². The first-order valence-corrected chi connectivity index (χ1v) is 14.3. The molecule has 3 rings (SSSR count). The maximum Gasteiger partial charge on any atom is 0.326 e.